The molecule has 4 rings (SSSR count). The maximum atomic E-state index is 13.4. The molecule has 0 radical (unpaired) electrons. The van der Waals surface area contributed by atoms with Crippen LogP contribution in [-0.2, 0) is 35.0 Å². The number of ether oxygens (including phenoxy) is 5. The van der Waals surface area contributed by atoms with E-state index < -0.39 is 0 Å². The minimum Gasteiger partial charge on any atom is -0.379 e. The maximum absolute atomic E-state index is 13.4. The van der Waals surface area contributed by atoms with Gasteiger partial charge in [-0.05, 0) is 70.3 Å². The third-order valence-corrected chi connectivity index (χ3v) is 8.41. The first-order valence-corrected chi connectivity index (χ1v) is 18.3. The monoisotopic (exact) mass is 698 g/mol. The molecule has 1 fully saturated rings. The van der Waals surface area contributed by atoms with Gasteiger partial charge in [-0.2, -0.15) is 0 Å². The number of aryl methyl sites for hydroxylation is 1. The lowest BCUT2D eigenvalue weighted by Crippen LogP contribution is -2.41. The summed E-state index contributed by atoms with van der Waals surface area (Å²) in [6.45, 7) is 10.7. The third-order valence-electron chi connectivity index (χ3n) is 8.41. The fourth-order valence-corrected chi connectivity index (χ4v) is 5.75. The minimum absolute atomic E-state index is 0.00959. The predicted octanol–water partition coefficient (Wildman–Crippen LogP) is 3.26. The van der Waals surface area contributed by atoms with Crippen molar-refractivity contribution in [3.05, 3.63) is 42.9 Å². The Kier molecular flexibility index (Phi) is 19.6. The van der Waals surface area contributed by atoms with Crippen LogP contribution in [0.3, 0.4) is 0 Å². The van der Waals surface area contributed by atoms with Gasteiger partial charge in [0.2, 0.25) is 11.9 Å². The Morgan fingerprint density at radius 3 is 2.20 bits per heavy atom. The van der Waals surface area contributed by atoms with E-state index in [1.807, 2.05) is 18.2 Å². The third kappa shape index (κ3) is 14.9. The van der Waals surface area contributed by atoms with Crippen molar-refractivity contribution in [3.8, 4) is 0 Å². The molecule has 3 aromatic rings. The molecule has 1 aromatic carbocycles. The summed E-state index contributed by atoms with van der Waals surface area (Å²) in [5.74, 6) is 1.32. The molecule has 1 aliphatic rings. The molecule has 278 valence electrons. The van der Waals surface area contributed by atoms with E-state index in [0.717, 1.165) is 88.0 Å². The number of nitrogens with two attached hydrogens (primary N) is 1. The number of rotatable bonds is 28. The number of amides is 1. The van der Waals surface area contributed by atoms with E-state index in [1.165, 1.54) is 0 Å². The number of nitrogens with zero attached hydrogens (tertiary/aromatic N) is 5. The number of benzene rings is 1. The summed E-state index contributed by atoms with van der Waals surface area (Å²) in [6, 6.07) is 8.07. The number of imidazole rings is 1. The van der Waals surface area contributed by atoms with E-state index >= 15 is 0 Å². The van der Waals surface area contributed by atoms with Crippen LogP contribution in [0.2, 0.25) is 0 Å². The molecule has 4 N–H and O–H groups in total. The Bertz CT molecular complexity index is 1320. The van der Waals surface area contributed by atoms with Gasteiger partial charge in [-0.1, -0.05) is 18.6 Å². The summed E-state index contributed by atoms with van der Waals surface area (Å²) in [5, 5.41) is 6.68. The van der Waals surface area contributed by atoms with Crippen molar-refractivity contribution in [2.24, 2.45) is 11.7 Å². The summed E-state index contributed by atoms with van der Waals surface area (Å²) in [5.41, 5.74) is 7.35. The molecule has 0 spiro atoms. The van der Waals surface area contributed by atoms with Gasteiger partial charge >= 0.3 is 0 Å². The van der Waals surface area contributed by atoms with Crippen LogP contribution in [0, 0.1) is 5.92 Å². The lowest BCUT2D eigenvalue weighted by molar-refractivity contribution is -0.120. The maximum Gasteiger partial charge on any atom is 0.231 e. The molecule has 14 heteroatoms. The van der Waals surface area contributed by atoms with Gasteiger partial charge in [-0.15, -0.1) is 0 Å². The van der Waals surface area contributed by atoms with Crippen molar-refractivity contribution >= 4 is 28.7 Å². The summed E-state index contributed by atoms with van der Waals surface area (Å²) in [7, 11) is 0. The van der Waals surface area contributed by atoms with Gasteiger partial charge in [0, 0.05) is 45.2 Å². The number of fused-ring (bicyclic) bond motifs is 1. The van der Waals surface area contributed by atoms with Crippen LogP contribution in [0.5, 0.6) is 0 Å². The number of hydrogen-bond acceptors (Lipinski definition) is 12. The van der Waals surface area contributed by atoms with Crippen LogP contribution in [0.1, 0.15) is 44.9 Å². The normalized spacial score (nSPS) is 14.8. The number of carbonyl (C=O) groups excluding carboxylic acids is 1. The Balaban J connectivity index is 0.992. The second-order valence-electron chi connectivity index (χ2n) is 12.3. The topological polar surface area (TPSA) is 160 Å². The summed E-state index contributed by atoms with van der Waals surface area (Å²) >= 11 is 0. The average Bonchev–Trinajstić information content (AvgIpc) is 3.50. The Labute approximate surface area is 296 Å². The number of hydrogen-bond donors (Lipinski definition) is 3. The molecule has 0 saturated carbocycles. The molecule has 0 aliphatic carbocycles. The highest BCUT2D eigenvalue weighted by Gasteiger charge is 2.28. The zero-order valence-electron chi connectivity index (χ0n) is 29.6. The van der Waals surface area contributed by atoms with Gasteiger partial charge < -0.3 is 44.2 Å². The number of unbranched alkanes of at least 4 members (excludes halogenated alkanes) is 2. The first kappa shape index (κ1) is 39.5. The summed E-state index contributed by atoms with van der Waals surface area (Å²) in [4.78, 5) is 28.9. The highest BCUT2D eigenvalue weighted by molar-refractivity contribution is 5.93. The second-order valence-corrected chi connectivity index (χ2v) is 12.3. The van der Waals surface area contributed by atoms with E-state index in [1.54, 1.807) is 18.6 Å². The van der Waals surface area contributed by atoms with Crippen LogP contribution in [-0.4, -0.2) is 124 Å². The van der Waals surface area contributed by atoms with E-state index in [9.17, 15) is 4.79 Å². The number of para-hydroxylation sites is 2. The SMILES string of the molecule is NCCCOCCOCCOCCOCCOCCCNCCCCCn1c(NC(=O)C2CCCN(c3cnccn3)C2)nc2ccccc21. The Morgan fingerprint density at radius 1 is 0.820 bits per heavy atom. The first-order valence-electron chi connectivity index (χ1n) is 18.3. The van der Waals surface area contributed by atoms with Crippen LogP contribution < -0.4 is 21.3 Å². The van der Waals surface area contributed by atoms with Gasteiger partial charge in [0.05, 0.1) is 76.0 Å². The van der Waals surface area contributed by atoms with Crippen molar-refractivity contribution in [1.82, 2.24) is 24.8 Å². The molecule has 1 amide bonds. The average molecular weight is 699 g/mol. The van der Waals surface area contributed by atoms with Gasteiger partial charge in [0.15, 0.2) is 0 Å². The molecular formula is C36H58N8O6. The fourth-order valence-electron chi connectivity index (χ4n) is 5.75. The molecule has 1 saturated heterocycles. The summed E-state index contributed by atoms with van der Waals surface area (Å²) in [6.07, 6.45) is 11.9. The minimum atomic E-state index is -0.131. The zero-order chi connectivity index (χ0) is 34.9. The van der Waals surface area contributed by atoms with E-state index in [0.29, 0.717) is 85.1 Å². The van der Waals surface area contributed by atoms with Gasteiger partial charge in [-0.25, -0.2) is 9.97 Å². The number of aromatic nitrogens is 4. The quantitative estimate of drug-likeness (QED) is 0.0952. The van der Waals surface area contributed by atoms with Crippen LogP contribution >= 0.6 is 0 Å². The number of anilines is 2. The number of piperidine rings is 1. The Hall–Kier alpha value is -3.24. The number of carbonyl (C=O) groups is 1. The smallest absolute Gasteiger partial charge is 0.231 e. The predicted molar refractivity (Wildman–Crippen MR) is 194 cm³/mol. The van der Waals surface area contributed by atoms with Crippen molar-refractivity contribution in [2.45, 2.75) is 51.5 Å². The highest BCUT2D eigenvalue weighted by atomic mass is 16.6. The summed E-state index contributed by atoms with van der Waals surface area (Å²) < 4.78 is 29.7. The number of nitrogens with one attached hydrogen (secondary N) is 2. The van der Waals surface area contributed by atoms with E-state index in [4.69, 9.17) is 34.4 Å². The van der Waals surface area contributed by atoms with E-state index in [2.05, 4.69) is 36.1 Å². The van der Waals surface area contributed by atoms with Crippen molar-refractivity contribution in [2.75, 3.05) is 109 Å². The van der Waals surface area contributed by atoms with Crippen molar-refractivity contribution < 1.29 is 28.5 Å². The van der Waals surface area contributed by atoms with Crippen LogP contribution in [0.4, 0.5) is 11.8 Å². The molecular weight excluding hydrogens is 640 g/mol. The zero-order valence-corrected chi connectivity index (χ0v) is 29.6. The van der Waals surface area contributed by atoms with Crippen molar-refractivity contribution in [3.63, 3.8) is 0 Å². The molecule has 14 nitrogen and oxygen atoms in total. The molecule has 1 atom stereocenters. The molecule has 50 heavy (non-hydrogen) atoms. The first-order chi connectivity index (χ1) is 24.8. The second kappa shape index (κ2) is 24.8. The standard InChI is InChI=1S/C36H58N8O6/c37-12-7-19-46-21-23-48-25-27-50-28-26-49-24-22-47-20-8-14-38-13-4-1-5-18-44-33-11-3-2-10-32(33)41-36(44)42-35(45)31-9-6-17-43(30-31)34-29-39-15-16-40-34/h2-3,10-11,15-16,29,31,38H,1,4-9,12-14,17-28,30,37H2,(H,41,42,45). The van der Waals surface area contributed by atoms with Crippen molar-refractivity contribution in [1.29, 1.82) is 0 Å². The largest absolute Gasteiger partial charge is 0.379 e. The molecule has 1 aliphatic heterocycles. The van der Waals surface area contributed by atoms with E-state index in [-0.39, 0.29) is 11.8 Å². The molecule has 2 aromatic heterocycles. The molecule has 3 heterocycles. The Morgan fingerprint density at radius 2 is 1.50 bits per heavy atom. The lowest BCUT2D eigenvalue weighted by atomic mass is 9.97. The van der Waals surface area contributed by atoms with Crippen LogP contribution in [0.15, 0.2) is 42.9 Å². The lowest BCUT2D eigenvalue weighted by Gasteiger charge is -2.32. The van der Waals surface area contributed by atoms with Gasteiger partial charge in [0.25, 0.3) is 0 Å². The highest BCUT2D eigenvalue weighted by Crippen LogP contribution is 2.24. The molecule has 1 unspecified atom stereocenters. The molecule has 0 bridgehead atoms. The van der Waals surface area contributed by atoms with Crippen LogP contribution in [0.25, 0.3) is 11.0 Å². The van der Waals surface area contributed by atoms with Gasteiger partial charge in [0.1, 0.15) is 5.82 Å². The fraction of sp³-hybridized carbons (Fsp3) is 0.667. The van der Waals surface area contributed by atoms with Gasteiger partial charge in [-0.3, -0.25) is 15.1 Å².